The first-order chi connectivity index (χ1) is 1.41. The van der Waals surface area contributed by atoms with E-state index in [0.29, 0.717) is 0 Å². The summed E-state index contributed by atoms with van der Waals surface area (Å²) in [5, 5.41) is 2.75. The maximum Gasteiger partial charge on any atom is 0 e. The Morgan fingerprint density at radius 3 is 1.50 bits per heavy atom. The molecule has 0 saturated heterocycles. The van der Waals surface area contributed by atoms with Crippen molar-refractivity contribution in [2.24, 2.45) is 0 Å². The van der Waals surface area contributed by atoms with Crippen LogP contribution in [0.5, 0.6) is 0 Å². The van der Waals surface area contributed by atoms with Gasteiger partial charge in [-0.05, 0) is 14.1 Å². The molecule has 0 amide bonds. The third-order valence-corrected chi connectivity index (χ3v) is 0. The molecule has 1 N–H and O–H groups in total. The van der Waals surface area contributed by atoms with Crippen LogP contribution in [0.1, 0.15) is 1.43 Å². The van der Waals surface area contributed by atoms with Crippen molar-refractivity contribution in [3.05, 3.63) is 0 Å². The van der Waals surface area contributed by atoms with E-state index in [0.717, 1.165) is 0 Å². The SMILES string of the molecule is CNC.[B].[HH]. The van der Waals surface area contributed by atoms with Gasteiger partial charge in [0.05, 0.1) is 0 Å². The summed E-state index contributed by atoms with van der Waals surface area (Å²) < 4.78 is 0. The fraction of sp³-hybridized carbons (Fsp3) is 1.00. The lowest BCUT2D eigenvalue weighted by atomic mass is 10.8. The van der Waals surface area contributed by atoms with Gasteiger partial charge in [0, 0.05) is 9.84 Å². The minimum absolute atomic E-state index is 0. The van der Waals surface area contributed by atoms with Crippen LogP contribution in [0.3, 0.4) is 0 Å². The molecule has 0 aliphatic heterocycles. The summed E-state index contributed by atoms with van der Waals surface area (Å²) >= 11 is 0. The van der Waals surface area contributed by atoms with Gasteiger partial charge in [-0.2, -0.15) is 0 Å². The fourth-order valence-electron chi connectivity index (χ4n) is 0. The van der Waals surface area contributed by atoms with Crippen LogP contribution in [0.2, 0.25) is 0 Å². The molecule has 2 heteroatoms. The largest absolute Gasteiger partial charge is 0.323 e. The second kappa shape index (κ2) is 11.8. The zero-order valence-electron chi connectivity index (χ0n) is 3.08. The lowest BCUT2D eigenvalue weighted by Crippen LogP contribution is -1.89. The van der Waals surface area contributed by atoms with Crippen molar-refractivity contribution < 1.29 is 1.43 Å². The van der Waals surface area contributed by atoms with Crippen molar-refractivity contribution in [2.45, 2.75) is 0 Å². The Hall–Kier alpha value is 0.0249. The second-order valence-corrected chi connectivity index (χ2v) is 0.500. The summed E-state index contributed by atoms with van der Waals surface area (Å²) in [7, 11) is 3.75. The first kappa shape index (κ1) is 8.98. The lowest BCUT2D eigenvalue weighted by molar-refractivity contribution is 1.02. The van der Waals surface area contributed by atoms with Crippen LogP contribution < -0.4 is 5.32 Å². The molecular formula is C2H9BN. The van der Waals surface area contributed by atoms with Crippen LogP contribution in [0.15, 0.2) is 0 Å². The van der Waals surface area contributed by atoms with Crippen LogP contribution in [0.25, 0.3) is 0 Å². The van der Waals surface area contributed by atoms with Gasteiger partial charge in [-0.25, -0.2) is 0 Å². The Labute approximate surface area is 30.5 Å². The highest BCUT2D eigenvalue weighted by atomic mass is 14.7. The van der Waals surface area contributed by atoms with E-state index in [1.165, 1.54) is 0 Å². The molecular weight excluding hydrogens is 48.8 g/mol. The Balaban J connectivity index is -0.0000000200. The Bertz CT molecular complexity index is 9.61. The van der Waals surface area contributed by atoms with E-state index in [9.17, 15) is 0 Å². The summed E-state index contributed by atoms with van der Waals surface area (Å²) in [6, 6.07) is 0. The van der Waals surface area contributed by atoms with Gasteiger partial charge in [0.25, 0.3) is 0 Å². The van der Waals surface area contributed by atoms with Gasteiger partial charge in [-0.1, -0.05) is 0 Å². The van der Waals surface area contributed by atoms with E-state index in [1.807, 2.05) is 14.1 Å². The summed E-state index contributed by atoms with van der Waals surface area (Å²) in [6.45, 7) is 0. The molecule has 0 fully saturated rings. The zero-order chi connectivity index (χ0) is 2.71. The first-order valence-electron chi connectivity index (χ1n) is 1.00. The molecule has 0 aromatic carbocycles. The van der Waals surface area contributed by atoms with Gasteiger partial charge in [0.15, 0.2) is 0 Å². The Morgan fingerprint density at radius 2 is 1.50 bits per heavy atom. The molecule has 0 unspecified atom stereocenters. The van der Waals surface area contributed by atoms with E-state index >= 15 is 0 Å². The Kier molecular flexibility index (Phi) is 26.5. The topological polar surface area (TPSA) is 12.0 Å². The molecule has 0 aromatic rings. The highest BCUT2D eigenvalue weighted by Gasteiger charge is 1.25. The average Bonchev–Trinajstić information content (AvgIpc) is 0.918. The van der Waals surface area contributed by atoms with E-state index in [-0.39, 0.29) is 9.84 Å². The van der Waals surface area contributed by atoms with Crippen molar-refractivity contribution in [1.29, 1.82) is 0 Å². The monoisotopic (exact) mass is 58.1 g/mol. The molecule has 0 heterocycles. The summed E-state index contributed by atoms with van der Waals surface area (Å²) in [5.41, 5.74) is 0. The molecule has 3 radical (unpaired) electrons. The average molecular weight is 57.9 g/mol. The molecule has 0 aliphatic carbocycles. The quantitative estimate of drug-likeness (QED) is 0.377. The van der Waals surface area contributed by atoms with Crippen molar-refractivity contribution in [3.8, 4) is 0 Å². The minimum Gasteiger partial charge on any atom is -0.323 e. The normalized spacial score (nSPS) is 4.50. The van der Waals surface area contributed by atoms with Crippen molar-refractivity contribution in [2.75, 3.05) is 14.1 Å². The van der Waals surface area contributed by atoms with Gasteiger partial charge in [-0.3, -0.25) is 0 Å². The summed E-state index contributed by atoms with van der Waals surface area (Å²) in [4.78, 5) is 0. The number of hydrogen-bond donors (Lipinski definition) is 1. The van der Waals surface area contributed by atoms with Gasteiger partial charge in [-0.15, -0.1) is 0 Å². The number of hydrogen-bond acceptors (Lipinski definition) is 1. The molecule has 0 atom stereocenters. The van der Waals surface area contributed by atoms with Gasteiger partial charge in [0.2, 0.25) is 0 Å². The van der Waals surface area contributed by atoms with E-state index in [4.69, 9.17) is 0 Å². The predicted molar refractivity (Wildman–Crippen MR) is 22.9 cm³/mol. The van der Waals surface area contributed by atoms with E-state index < -0.39 is 0 Å². The van der Waals surface area contributed by atoms with Crippen LogP contribution in [0.4, 0.5) is 0 Å². The third kappa shape index (κ3) is 3420. The van der Waals surface area contributed by atoms with Crippen LogP contribution >= 0.6 is 0 Å². The van der Waals surface area contributed by atoms with Gasteiger partial charge < -0.3 is 5.32 Å². The fourth-order valence-corrected chi connectivity index (χ4v) is 0. The van der Waals surface area contributed by atoms with Crippen LogP contribution in [-0.2, 0) is 0 Å². The van der Waals surface area contributed by atoms with Gasteiger partial charge >= 0.3 is 0 Å². The molecule has 0 rings (SSSR count). The molecule has 25 valence electrons. The molecule has 0 spiro atoms. The number of rotatable bonds is 0. The lowest BCUT2D eigenvalue weighted by Gasteiger charge is -1.59. The molecule has 0 aromatic heterocycles. The van der Waals surface area contributed by atoms with Crippen LogP contribution in [-0.4, -0.2) is 22.5 Å². The Morgan fingerprint density at radius 1 is 1.50 bits per heavy atom. The maximum atomic E-state index is 2.75. The predicted octanol–water partition coefficient (Wildman–Crippen LogP) is -0.299. The number of nitrogens with one attached hydrogen (secondary N) is 1. The highest BCUT2D eigenvalue weighted by Crippen LogP contribution is 0.981. The molecule has 1 nitrogen and oxygen atoms in total. The van der Waals surface area contributed by atoms with Crippen LogP contribution in [0, 0.1) is 0 Å². The standard InChI is InChI=1S/C2H7N.B.H2/c1-3-2;;/h3H,1-2H3;;1H. The van der Waals surface area contributed by atoms with Crippen molar-refractivity contribution in [1.82, 2.24) is 5.32 Å². The third-order valence-electron chi connectivity index (χ3n) is 0. The second-order valence-electron chi connectivity index (χ2n) is 0.500. The van der Waals surface area contributed by atoms with E-state index in [2.05, 4.69) is 5.32 Å². The highest BCUT2D eigenvalue weighted by molar-refractivity contribution is 5.75. The maximum absolute atomic E-state index is 2.75. The molecule has 4 heavy (non-hydrogen) atoms. The first-order valence-corrected chi connectivity index (χ1v) is 1.00. The zero-order valence-corrected chi connectivity index (χ0v) is 3.08. The summed E-state index contributed by atoms with van der Waals surface area (Å²) in [5.74, 6) is 0. The van der Waals surface area contributed by atoms with Crippen molar-refractivity contribution in [3.63, 3.8) is 0 Å². The van der Waals surface area contributed by atoms with E-state index in [1.54, 1.807) is 0 Å². The summed E-state index contributed by atoms with van der Waals surface area (Å²) in [6.07, 6.45) is 0. The molecule has 0 saturated carbocycles. The molecule has 0 bridgehead atoms. The minimum atomic E-state index is 0. The molecule has 0 aliphatic rings. The van der Waals surface area contributed by atoms with Gasteiger partial charge in [0.1, 0.15) is 0 Å². The smallest absolute Gasteiger partial charge is 0 e. The van der Waals surface area contributed by atoms with Crippen molar-refractivity contribution >= 4 is 8.41 Å².